The maximum absolute atomic E-state index is 14.7. The van der Waals surface area contributed by atoms with Gasteiger partial charge in [-0.25, -0.2) is 4.39 Å². The molecule has 1 heterocycles. The van der Waals surface area contributed by atoms with Crippen LogP contribution in [-0.4, -0.2) is 16.4 Å². The Morgan fingerprint density at radius 3 is 2.49 bits per heavy atom. The van der Waals surface area contributed by atoms with Crippen molar-refractivity contribution in [3.05, 3.63) is 74.7 Å². The Morgan fingerprint density at radius 2 is 1.86 bits per heavy atom. The first-order valence-electron chi connectivity index (χ1n) is 11.8. The zero-order valence-electron chi connectivity index (χ0n) is 19.1. The predicted molar refractivity (Wildman–Crippen MR) is 131 cm³/mol. The molecule has 0 bridgehead atoms. The van der Waals surface area contributed by atoms with Gasteiger partial charge >= 0.3 is 0 Å². The number of halogens is 3. The number of hydrogen-bond donors (Lipinski definition) is 1. The van der Waals surface area contributed by atoms with Gasteiger partial charge in [0.05, 0.1) is 40.8 Å². The third-order valence-electron chi connectivity index (χ3n) is 7.01. The second-order valence-electron chi connectivity index (χ2n) is 9.44. The van der Waals surface area contributed by atoms with Crippen LogP contribution < -0.4 is 0 Å². The van der Waals surface area contributed by atoms with Crippen molar-refractivity contribution >= 4 is 23.2 Å². The van der Waals surface area contributed by atoms with Crippen molar-refractivity contribution in [3.63, 3.8) is 0 Å². The molecule has 2 aromatic carbocycles. The molecule has 0 saturated heterocycles. The molecule has 0 spiro atoms. The van der Waals surface area contributed by atoms with Gasteiger partial charge in [-0.15, -0.1) is 0 Å². The van der Waals surface area contributed by atoms with Crippen molar-refractivity contribution in [1.29, 1.82) is 5.26 Å². The van der Waals surface area contributed by atoms with E-state index in [4.69, 9.17) is 37.7 Å². The lowest BCUT2D eigenvalue weighted by atomic mass is 9.78. The van der Waals surface area contributed by atoms with Crippen molar-refractivity contribution in [2.24, 2.45) is 0 Å². The minimum absolute atomic E-state index is 0.0901. The Bertz CT molecular complexity index is 1250. The molecular weight excluding hydrogens is 490 g/mol. The highest BCUT2D eigenvalue weighted by molar-refractivity contribution is 6.39. The van der Waals surface area contributed by atoms with Gasteiger partial charge in [-0.3, -0.25) is 0 Å². The van der Waals surface area contributed by atoms with Gasteiger partial charge in [-0.2, -0.15) is 5.26 Å². The molecule has 182 valence electrons. The SMILES string of the molecule is N#CCc1ccc(C2(O)CCC(OCc3c(-c4c(Cl)cccc4Cl)noc3C3CC3)CC2)c(F)c1. The fourth-order valence-electron chi connectivity index (χ4n) is 4.89. The molecule has 3 aromatic rings. The van der Waals surface area contributed by atoms with Crippen LogP contribution in [0.2, 0.25) is 10.0 Å². The zero-order valence-corrected chi connectivity index (χ0v) is 20.6. The molecule has 5 nitrogen and oxygen atoms in total. The number of aromatic nitrogens is 1. The minimum Gasteiger partial charge on any atom is -0.385 e. The lowest BCUT2D eigenvalue weighted by Crippen LogP contribution is -2.35. The second kappa shape index (κ2) is 9.91. The van der Waals surface area contributed by atoms with Gasteiger partial charge in [0.2, 0.25) is 0 Å². The molecule has 1 N–H and O–H groups in total. The number of nitriles is 1. The van der Waals surface area contributed by atoms with Crippen LogP contribution in [0.5, 0.6) is 0 Å². The Hall–Kier alpha value is -2.43. The summed E-state index contributed by atoms with van der Waals surface area (Å²) < 4.78 is 26.7. The molecule has 0 unspecified atom stereocenters. The van der Waals surface area contributed by atoms with Crippen LogP contribution in [0.3, 0.4) is 0 Å². The standard InChI is InChI=1S/C27H25Cl2FN2O3/c28-21-2-1-3-22(29)24(21)25-19(26(35-32-25)17-5-6-17)15-34-18-8-11-27(33,12-9-18)20-7-4-16(10-13-31)14-23(20)30/h1-4,7,14,17-18,33H,5-6,8-12,15H2. The summed E-state index contributed by atoms with van der Waals surface area (Å²) in [6.45, 7) is 0.298. The summed E-state index contributed by atoms with van der Waals surface area (Å²) in [7, 11) is 0. The molecule has 5 rings (SSSR count). The maximum atomic E-state index is 14.7. The molecule has 2 saturated carbocycles. The van der Waals surface area contributed by atoms with Gasteiger partial charge < -0.3 is 14.4 Å². The van der Waals surface area contributed by atoms with E-state index in [1.54, 1.807) is 30.3 Å². The quantitative estimate of drug-likeness (QED) is 0.364. The third-order valence-corrected chi connectivity index (χ3v) is 7.64. The van der Waals surface area contributed by atoms with Crippen LogP contribution in [0, 0.1) is 17.1 Å². The summed E-state index contributed by atoms with van der Waals surface area (Å²) in [4.78, 5) is 0. The fraction of sp³-hybridized carbons (Fsp3) is 0.407. The monoisotopic (exact) mass is 514 g/mol. The van der Waals surface area contributed by atoms with Crippen LogP contribution in [0.15, 0.2) is 40.9 Å². The number of aliphatic hydroxyl groups is 1. The molecule has 1 aromatic heterocycles. The Balaban J connectivity index is 1.29. The molecule has 0 atom stereocenters. The summed E-state index contributed by atoms with van der Waals surface area (Å²) >= 11 is 12.9. The summed E-state index contributed by atoms with van der Waals surface area (Å²) in [5.41, 5.74) is 1.74. The molecule has 0 radical (unpaired) electrons. The molecule has 0 amide bonds. The van der Waals surface area contributed by atoms with E-state index in [1.165, 1.54) is 6.07 Å². The highest BCUT2D eigenvalue weighted by Gasteiger charge is 2.38. The van der Waals surface area contributed by atoms with Crippen molar-refractivity contribution < 1.29 is 18.8 Å². The number of hydrogen-bond acceptors (Lipinski definition) is 5. The first-order valence-corrected chi connectivity index (χ1v) is 12.6. The van der Waals surface area contributed by atoms with Crippen molar-refractivity contribution in [1.82, 2.24) is 5.16 Å². The second-order valence-corrected chi connectivity index (χ2v) is 10.3. The lowest BCUT2D eigenvalue weighted by Gasteiger charge is -2.36. The summed E-state index contributed by atoms with van der Waals surface area (Å²) in [5.74, 6) is 0.682. The summed E-state index contributed by atoms with van der Waals surface area (Å²) in [5, 5.41) is 25.3. The first kappa shape index (κ1) is 24.3. The summed E-state index contributed by atoms with van der Waals surface area (Å²) in [6.07, 6.45) is 4.08. The fourth-order valence-corrected chi connectivity index (χ4v) is 5.47. The number of nitrogens with zero attached hydrogens (tertiary/aromatic N) is 2. The van der Waals surface area contributed by atoms with Crippen molar-refractivity contribution in [3.8, 4) is 17.3 Å². The van der Waals surface area contributed by atoms with E-state index >= 15 is 0 Å². The van der Waals surface area contributed by atoms with E-state index in [-0.39, 0.29) is 18.1 Å². The van der Waals surface area contributed by atoms with Gasteiger partial charge in [0, 0.05) is 22.6 Å². The molecule has 0 aliphatic heterocycles. The number of ether oxygens (including phenoxy) is 1. The minimum atomic E-state index is -1.25. The van der Waals surface area contributed by atoms with Gasteiger partial charge in [0.25, 0.3) is 0 Å². The van der Waals surface area contributed by atoms with Gasteiger partial charge in [0.15, 0.2) is 0 Å². The topological polar surface area (TPSA) is 79.3 Å². The van der Waals surface area contributed by atoms with Gasteiger partial charge in [-0.1, -0.05) is 46.6 Å². The highest BCUT2D eigenvalue weighted by Crippen LogP contribution is 2.46. The molecule has 2 fully saturated rings. The molecule has 2 aliphatic carbocycles. The van der Waals surface area contributed by atoms with E-state index in [9.17, 15) is 9.50 Å². The van der Waals surface area contributed by atoms with E-state index in [2.05, 4.69) is 5.16 Å². The zero-order chi connectivity index (χ0) is 24.6. The van der Waals surface area contributed by atoms with E-state index in [0.717, 1.165) is 24.2 Å². The van der Waals surface area contributed by atoms with Crippen LogP contribution in [0.1, 0.15) is 66.9 Å². The Labute approximate surface area is 213 Å². The van der Waals surface area contributed by atoms with E-state index in [1.807, 2.05) is 6.07 Å². The number of rotatable bonds is 7. The Kier molecular flexibility index (Phi) is 6.87. The van der Waals surface area contributed by atoms with E-state index in [0.29, 0.717) is 65.1 Å². The average molecular weight is 515 g/mol. The van der Waals surface area contributed by atoms with Crippen LogP contribution >= 0.6 is 23.2 Å². The summed E-state index contributed by atoms with van der Waals surface area (Å²) in [6, 6.07) is 12.0. The highest BCUT2D eigenvalue weighted by atomic mass is 35.5. The molecule has 8 heteroatoms. The predicted octanol–water partition coefficient (Wildman–Crippen LogP) is 7.08. The number of benzene rings is 2. The Morgan fingerprint density at radius 1 is 1.14 bits per heavy atom. The van der Waals surface area contributed by atoms with Crippen LogP contribution in [0.25, 0.3) is 11.3 Å². The van der Waals surface area contributed by atoms with Crippen LogP contribution in [0.4, 0.5) is 4.39 Å². The third kappa shape index (κ3) is 4.96. The van der Waals surface area contributed by atoms with Crippen molar-refractivity contribution in [2.45, 2.75) is 69.2 Å². The molecular formula is C27H25Cl2FN2O3. The van der Waals surface area contributed by atoms with E-state index < -0.39 is 11.4 Å². The van der Waals surface area contributed by atoms with Crippen molar-refractivity contribution in [2.75, 3.05) is 0 Å². The first-order chi connectivity index (χ1) is 16.9. The lowest BCUT2D eigenvalue weighted by molar-refractivity contribution is -0.0656. The normalized spacial score (nSPS) is 22.2. The molecule has 35 heavy (non-hydrogen) atoms. The van der Waals surface area contributed by atoms with Gasteiger partial charge in [0.1, 0.15) is 17.3 Å². The largest absolute Gasteiger partial charge is 0.385 e. The smallest absolute Gasteiger partial charge is 0.145 e. The van der Waals surface area contributed by atoms with Gasteiger partial charge in [-0.05, 0) is 62.3 Å². The molecule has 2 aliphatic rings. The average Bonchev–Trinajstić information content (AvgIpc) is 3.59. The van der Waals surface area contributed by atoms with Crippen LogP contribution in [-0.2, 0) is 23.4 Å². The maximum Gasteiger partial charge on any atom is 0.145 e.